The third kappa shape index (κ3) is 2.35. The zero-order valence-electron chi connectivity index (χ0n) is 11.2. The van der Waals surface area contributed by atoms with E-state index in [1.165, 1.54) is 6.07 Å². The zero-order valence-corrected chi connectivity index (χ0v) is 11.2. The molecule has 0 aliphatic carbocycles. The number of aromatic nitrogens is 2. The van der Waals surface area contributed by atoms with Gasteiger partial charge in [0.1, 0.15) is 0 Å². The van der Waals surface area contributed by atoms with E-state index in [4.69, 9.17) is 5.73 Å². The topological polar surface area (TPSA) is 63.8 Å². The predicted molar refractivity (Wildman–Crippen MR) is 78.8 cm³/mol. The van der Waals surface area contributed by atoms with Crippen LogP contribution >= 0.6 is 0 Å². The van der Waals surface area contributed by atoms with Crippen molar-refractivity contribution < 1.29 is 8.78 Å². The number of fused-ring (bicyclic) bond motifs is 1. The van der Waals surface area contributed by atoms with Crippen LogP contribution in [0.15, 0.2) is 36.5 Å². The van der Waals surface area contributed by atoms with Gasteiger partial charge in [-0.15, -0.1) is 0 Å². The maximum atomic E-state index is 13.9. The fraction of sp³-hybridized carbons (Fsp3) is 0.0667. The van der Waals surface area contributed by atoms with Gasteiger partial charge in [0.05, 0.1) is 5.52 Å². The van der Waals surface area contributed by atoms with Crippen LogP contribution in [0.5, 0.6) is 0 Å². The summed E-state index contributed by atoms with van der Waals surface area (Å²) in [6.07, 6.45) is 1.62. The molecule has 4 nitrogen and oxygen atoms in total. The van der Waals surface area contributed by atoms with E-state index in [1.807, 2.05) is 0 Å². The third-order valence-electron chi connectivity index (χ3n) is 3.16. The highest BCUT2D eigenvalue weighted by molar-refractivity contribution is 5.85. The molecular formula is C15H12F2N4. The largest absolute Gasteiger partial charge is 0.399 e. The molecule has 0 saturated carbocycles. The number of hydrogen-bond donors (Lipinski definition) is 2. The van der Waals surface area contributed by atoms with E-state index >= 15 is 0 Å². The number of nitrogens with two attached hydrogens (primary N) is 1. The molecule has 3 N–H and O–H groups in total. The summed E-state index contributed by atoms with van der Waals surface area (Å²) in [5, 5.41) is 3.57. The molecule has 0 saturated heterocycles. The van der Waals surface area contributed by atoms with Crippen LogP contribution in [0.25, 0.3) is 22.0 Å². The van der Waals surface area contributed by atoms with Crippen LogP contribution in [0.3, 0.4) is 0 Å². The van der Waals surface area contributed by atoms with Gasteiger partial charge in [-0.25, -0.2) is 18.7 Å². The first-order valence-corrected chi connectivity index (χ1v) is 6.28. The molecular weight excluding hydrogens is 274 g/mol. The van der Waals surface area contributed by atoms with Gasteiger partial charge in [0.15, 0.2) is 11.6 Å². The minimum absolute atomic E-state index is 0.118. The Morgan fingerprint density at radius 2 is 1.95 bits per heavy atom. The summed E-state index contributed by atoms with van der Waals surface area (Å²) in [5.41, 5.74) is 7.10. The Balaban J connectivity index is 2.18. The molecule has 0 aliphatic heterocycles. The fourth-order valence-electron chi connectivity index (χ4n) is 2.14. The van der Waals surface area contributed by atoms with Gasteiger partial charge in [-0.2, -0.15) is 0 Å². The lowest BCUT2D eigenvalue weighted by molar-refractivity contribution is 0.512. The molecule has 0 spiro atoms. The first-order valence-electron chi connectivity index (χ1n) is 6.28. The average molecular weight is 286 g/mol. The molecule has 2 aromatic carbocycles. The lowest BCUT2D eigenvalue weighted by Gasteiger charge is -2.08. The highest BCUT2D eigenvalue weighted by Gasteiger charge is 2.12. The number of rotatable bonds is 2. The summed E-state index contributed by atoms with van der Waals surface area (Å²) in [6.45, 7) is 0. The Kier molecular flexibility index (Phi) is 3.13. The number of anilines is 2. The molecule has 1 aromatic heterocycles. The monoisotopic (exact) mass is 286 g/mol. The fourth-order valence-corrected chi connectivity index (χ4v) is 2.14. The first-order chi connectivity index (χ1) is 10.1. The molecule has 0 fully saturated rings. The maximum absolute atomic E-state index is 13.9. The molecule has 0 atom stereocenters. The second-order valence-corrected chi connectivity index (χ2v) is 4.58. The zero-order chi connectivity index (χ0) is 15.0. The number of nitrogen functional groups attached to an aromatic ring is 1. The lowest BCUT2D eigenvalue weighted by atomic mass is 10.0. The van der Waals surface area contributed by atoms with E-state index in [-0.39, 0.29) is 11.3 Å². The van der Waals surface area contributed by atoms with Crippen LogP contribution in [-0.2, 0) is 0 Å². The summed E-state index contributed by atoms with van der Waals surface area (Å²) in [4.78, 5) is 8.37. The number of benzene rings is 2. The van der Waals surface area contributed by atoms with Gasteiger partial charge in [0.25, 0.3) is 0 Å². The van der Waals surface area contributed by atoms with Gasteiger partial charge >= 0.3 is 0 Å². The van der Waals surface area contributed by atoms with E-state index in [9.17, 15) is 8.78 Å². The van der Waals surface area contributed by atoms with Gasteiger partial charge in [-0.3, -0.25) is 0 Å². The van der Waals surface area contributed by atoms with Crippen LogP contribution in [0, 0.1) is 11.6 Å². The van der Waals surface area contributed by atoms with Gasteiger partial charge in [0, 0.05) is 29.9 Å². The third-order valence-corrected chi connectivity index (χ3v) is 3.16. The molecule has 21 heavy (non-hydrogen) atoms. The van der Waals surface area contributed by atoms with Gasteiger partial charge in [-0.05, 0) is 29.8 Å². The number of nitrogens with zero attached hydrogens (tertiary/aromatic N) is 2. The van der Waals surface area contributed by atoms with Crippen molar-refractivity contribution >= 4 is 22.5 Å². The average Bonchev–Trinajstić information content (AvgIpc) is 2.49. The molecule has 1 heterocycles. The van der Waals surface area contributed by atoms with Crippen LogP contribution in [-0.4, -0.2) is 17.0 Å². The van der Waals surface area contributed by atoms with Crippen molar-refractivity contribution in [2.24, 2.45) is 0 Å². The van der Waals surface area contributed by atoms with Crippen molar-refractivity contribution in [3.63, 3.8) is 0 Å². The molecule has 0 unspecified atom stereocenters. The molecule has 106 valence electrons. The van der Waals surface area contributed by atoms with E-state index in [0.29, 0.717) is 17.0 Å². The molecule has 0 bridgehead atoms. The predicted octanol–water partition coefficient (Wildman–Crippen LogP) is 3.20. The molecule has 3 aromatic rings. The summed E-state index contributed by atoms with van der Waals surface area (Å²) >= 11 is 0. The maximum Gasteiger partial charge on any atom is 0.222 e. The molecule has 0 amide bonds. The van der Waals surface area contributed by atoms with E-state index in [2.05, 4.69) is 15.3 Å². The minimum Gasteiger partial charge on any atom is -0.399 e. The van der Waals surface area contributed by atoms with Gasteiger partial charge in [0.2, 0.25) is 5.95 Å². The molecule has 0 radical (unpaired) electrons. The summed E-state index contributed by atoms with van der Waals surface area (Å²) < 4.78 is 27.4. The van der Waals surface area contributed by atoms with Crippen LogP contribution in [0.4, 0.5) is 20.4 Å². The van der Waals surface area contributed by atoms with E-state index in [0.717, 1.165) is 11.5 Å². The van der Waals surface area contributed by atoms with Crippen molar-refractivity contribution in [1.82, 2.24) is 9.97 Å². The van der Waals surface area contributed by atoms with Crippen LogP contribution < -0.4 is 11.1 Å². The SMILES string of the molecule is CNc1ncc2cc(-c3cc(N)cc(F)c3F)ccc2n1. The second kappa shape index (κ2) is 4.97. The van der Waals surface area contributed by atoms with Crippen molar-refractivity contribution in [3.05, 3.63) is 48.2 Å². The number of hydrogen-bond acceptors (Lipinski definition) is 4. The van der Waals surface area contributed by atoms with Crippen molar-refractivity contribution in [2.75, 3.05) is 18.1 Å². The lowest BCUT2D eigenvalue weighted by Crippen LogP contribution is -1.97. The highest BCUT2D eigenvalue weighted by atomic mass is 19.2. The molecule has 6 heteroatoms. The van der Waals surface area contributed by atoms with Crippen LogP contribution in [0.1, 0.15) is 0 Å². The quantitative estimate of drug-likeness (QED) is 0.710. The number of halogens is 2. The minimum atomic E-state index is -0.966. The molecule has 0 aliphatic rings. The first kappa shape index (κ1) is 13.2. The standard InChI is InChI=1S/C15H12F2N4/c1-19-15-20-7-9-4-8(2-3-13(9)21-15)11-5-10(18)6-12(16)14(11)17/h2-7H,18H2,1H3,(H,19,20,21). The smallest absolute Gasteiger partial charge is 0.222 e. The summed E-state index contributed by atoms with van der Waals surface area (Å²) in [5.74, 6) is -1.39. The Labute approximate surface area is 119 Å². The van der Waals surface area contributed by atoms with Gasteiger partial charge in [-0.1, -0.05) is 6.07 Å². The van der Waals surface area contributed by atoms with Crippen LogP contribution in [0.2, 0.25) is 0 Å². The van der Waals surface area contributed by atoms with Crippen molar-refractivity contribution in [2.45, 2.75) is 0 Å². The highest BCUT2D eigenvalue weighted by Crippen LogP contribution is 2.29. The van der Waals surface area contributed by atoms with Gasteiger partial charge < -0.3 is 11.1 Å². The van der Waals surface area contributed by atoms with E-state index in [1.54, 1.807) is 31.4 Å². The Bertz CT molecular complexity index is 833. The van der Waals surface area contributed by atoms with E-state index < -0.39 is 11.6 Å². The summed E-state index contributed by atoms with van der Waals surface area (Å²) in [6, 6.07) is 7.47. The Hall–Kier alpha value is -2.76. The summed E-state index contributed by atoms with van der Waals surface area (Å²) in [7, 11) is 1.72. The normalized spacial score (nSPS) is 10.8. The second-order valence-electron chi connectivity index (χ2n) is 4.58. The van der Waals surface area contributed by atoms with Crippen molar-refractivity contribution in [3.8, 4) is 11.1 Å². The number of nitrogens with one attached hydrogen (secondary N) is 1. The Morgan fingerprint density at radius 1 is 1.14 bits per heavy atom. The molecule has 3 rings (SSSR count). The van der Waals surface area contributed by atoms with Crippen molar-refractivity contribution in [1.29, 1.82) is 0 Å². The Morgan fingerprint density at radius 3 is 2.71 bits per heavy atom.